The molecule has 0 aromatic carbocycles. The average Bonchev–Trinajstić information content (AvgIpc) is 3.32. The van der Waals surface area contributed by atoms with Gasteiger partial charge in [0.15, 0.2) is 0 Å². The van der Waals surface area contributed by atoms with Crippen LogP contribution in [-0.4, -0.2) is 47.3 Å². The molecule has 0 aromatic rings. The molecule has 3 nitrogen and oxygen atoms in total. The summed E-state index contributed by atoms with van der Waals surface area (Å²) < 4.78 is 0. The Morgan fingerprint density at radius 2 is 1.81 bits per heavy atom. The van der Waals surface area contributed by atoms with Gasteiger partial charge >= 0.3 is 0 Å². The number of hydrogen-bond acceptors (Lipinski definition) is 3. The van der Waals surface area contributed by atoms with Gasteiger partial charge in [-0.05, 0) is 58.5 Å². The molecule has 0 radical (unpaired) electrons. The molecule has 3 heteroatoms. The lowest BCUT2D eigenvalue weighted by Crippen LogP contribution is -2.47. The highest BCUT2D eigenvalue weighted by Crippen LogP contribution is 2.26. The third-order valence-electron chi connectivity index (χ3n) is 5.40. The molecule has 1 atom stereocenters. The van der Waals surface area contributed by atoms with E-state index in [0.717, 1.165) is 12.5 Å². The first-order chi connectivity index (χ1) is 10.2. The van der Waals surface area contributed by atoms with E-state index in [1.807, 2.05) is 0 Å². The van der Waals surface area contributed by atoms with E-state index in [1.165, 1.54) is 70.9 Å². The van der Waals surface area contributed by atoms with Crippen LogP contribution in [0.5, 0.6) is 0 Å². The Hall–Kier alpha value is -0.120. The van der Waals surface area contributed by atoms with Gasteiger partial charge in [0.2, 0.25) is 0 Å². The number of rotatable bonds is 10. The summed E-state index contributed by atoms with van der Waals surface area (Å²) >= 11 is 0. The maximum absolute atomic E-state index is 9.65. The fourth-order valence-corrected chi connectivity index (χ4v) is 3.79. The molecule has 0 bridgehead atoms. The van der Waals surface area contributed by atoms with Crippen LogP contribution >= 0.6 is 0 Å². The van der Waals surface area contributed by atoms with Gasteiger partial charge in [-0.15, -0.1) is 0 Å². The van der Waals surface area contributed by atoms with Gasteiger partial charge in [0.05, 0.1) is 6.61 Å². The molecule has 21 heavy (non-hydrogen) atoms. The van der Waals surface area contributed by atoms with Gasteiger partial charge < -0.3 is 15.3 Å². The van der Waals surface area contributed by atoms with Gasteiger partial charge in [0.25, 0.3) is 0 Å². The highest BCUT2D eigenvalue weighted by atomic mass is 16.3. The second-order valence-electron chi connectivity index (χ2n) is 7.51. The Kier molecular flexibility index (Phi) is 6.97. The zero-order valence-corrected chi connectivity index (χ0v) is 14.2. The SMILES string of the molecule is CCN(CCCCC(C)(CO)NC1CC1)C1CCCCC1. The molecule has 0 spiro atoms. The minimum absolute atomic E-state index is 0.0525. The molecule has 0 amide bonds. The minimum atomic E-state index is -0.0525. The first-order valence-corrected chi connectivity index (χ1v) is 9.29. The summed E-state index contributed by atoms with van der Waals surface area (Å²) in [6.07, 6.45) is 13.3. The van der Waals surface area contributed by atoms with Gasteiger partial charge in [0.1, 0.15) is 0 Å². The van der Waals surface area contributed by atoms with Crippen LogP contribution in [0.4, 0.5) is 0 Å². The van der Waals surface area contributed by atoms with Crippen molar-refractivity contribution in [3.8, 4) is 0 Å². The zero-order chi connectivity index (χ0) is 15.1. The van der Waals surface area contributed by atoms with Crippen LogP contribution in [0.1, 0.15) is 78.1 Å². The second-order valence-corrected chi connectivity index (χ2v) is 7.51. The van der Waals surface area contributed by atoms with E-state index < -0.39 is 0 Å². The molecular weight excluding hydrogens is 260 g/mol. The molecule has 2 aliphatic carbocycles. The highest BCUT2D eigenvalue weighted by molar-refractivity contribution is 4.92. The van der Waals surface area contributed by atoms with Gasteiger partial charge in [-0.2, -0.15) is 0 Å². The van der Waals surface area contributed by atoms with Crippen molar-refractivity contribution in [1.82, 2.24) is 10.2 Å². The van der Waals surface area contributed by atoms with E-state index in [1.54, 1.807) is 0 Å². The van der Waals surface area contributed by atoms with E-state index in [9.17, 15) is 5.11 Å². The first kappa shape index (κ1) is 17.2. The molecule has 1 unspecified atom stereocenters. The molecule has 0 heterocycles. The summed E-state index contributed by atoms with van der Waals surface area (Å²) in [5, 5.41) is 13.3. The van der Waals surface area contributed by atoms with E-state index in [2.05, 4.69) is 24.1 Å². The summed E-state index contributed by atoms with van der Waals surface area (Å²) in [5.41, 5.74) is -0.0525. The Morgan fingerprint density at radius 3 is 2.38 bits per heavy atom. The summed E-state index contributed by atoms with van der Waals surface area (Å²) in [7, 11) is 0. The van der Waals surface area contributed by atoms with Crippen LogP contribution in [0.3, 0.4) is 0 Å². The Morgan fingerprint density at radius 1 is 1.10 bits per heavy atom. The first-order valence-electron chi connectivity index (χ1n) is 9.29. The smallest absolute Gasteiger partial charge is 0.0610 e. The van der Waals surface area contributed by atoms with Crippen LogP contribution in [0.15, 0.2) is 0 Å². The van der Waals surface area contributed by atoms with E-state index in [4.69, 9.17) is 0 Å². The lowest BCUT2D eigenvalue weighted by atomic mass is 9.93. The normalized spacial score (nSPS) is 23.4. The topological polar surface area (TPSA) is 35.5 Å². The van der Waals surface area contributed by atoms with Crippen LogP contribution in [0.2, 0.25) is 0 Å². The Bertz CT molecular complexity index is 287. The molecule has 2 rings (SSSR count). The van der Waals surface area contributed by atoms with Gasteiger partial charge in [-0.1, -0.05) is 32.6 Å². The van der Waals surface area contributed by atoms with Crippen molar-refractivity contribution in [2.45, 2.75) is 95.7 Å². The van der Waals surface area contributed by atoms with Crippen molar-refractivity contribution in [2.75, 3.05) is 19.7 Å². The van der Waals surface area contributed by atoms with E-state index in [0.29, 0.717) is 6.04 Å². The predicted octanol–water partition coefficient (Wildman–Crippen LogP) is 3.31. The van der Waals surface area contributed by atoms with Gasteiger partial charge in [-0.3, -0.25) is 0 Å². The van der Waals surface area contributed by atoms with E-state index >= 15 is 0 Å². The van der Waals surface area contributed by atoms with Crippen LogP contribution in [0, 0.1) is 0 Å². The summed E-state index contributed by atoms with van der Waals surface area (Å²) in [6, 6.07) is 1.52. The molecule has 2 aliphatic rings. The largest absolute Gasteiger partial charge is 0.394 e. The number of aliphatic hydroxyl groups is 1. The van der Waals surface area contributed by atoms with Crippen molar-refractivity contribution < 1.29 is 5.11 Å². The van der Waals surface area contributed by atoms with Crippen LogP contribution < -0.4 is 5.32 Å². The maximum Gasteiger partial charge on any atom is 0.0610 e. The number of hydrogen-bond donors (Lipinski definition) is 2. The lowest BCUT2D eigenvalue weighted by Gasteiger charge is -2.34. The molecule has 0 aliphatic heterocycles. The number of aliphatic hydroxyl groups excluding tert-OH is 1. The summed E-state index contributed by atoms with van der Waals surface area (Å²) in [6.45, 7) is 7.20. The quantitative estimate of drug-likeness (QED) is 0.607. The molecule has 0 saturated heterocycles. The molecule has 2 fully saturated rings. The third-order valence-corrected chi connectivity index (χ3v) is 5.40. The van der Waals surface area contributed by atoms with Crippen molar-refractivity contribution in [3.05, 3.63) is 0 Å². The lowest BCUT2D eigenvalue weighted by molar-refractivity contribution is 0.145. The maximum atomic E-state index is 9.65. The second kappa shape index (κ2) is 8.50. The summed E-state index contributed by atoms with van der Waals surface area (Å²) in [5.74, 6) is 0. The van der Waals surface area contributed by atoms with Gasteiger partial charge in [0, 0.05) is 17.6 Å². The standard InChI is InChI=1S/C18H36N2O/c1-3-20(17-9-5-4-6-10-17)14-8-7-13-18(2,15-21)19-16-11-12-16/h16-17,19,21H,3-15H2,1-2H3. The van der Waals surface area contributed by atoms with Crippen LogP contribution in [0.25, 0.3) is 0 Å². The number of nitrogens with one attached hydrogen (secondary N) is 1. The Labute approximate surface area is 131 Å². The van der Waals surface area contributed by atoms with Crippen molar-refractivity contribution in [3.63, 3.8) is 0 Å². The predicted molar refractivity (Wildman–Crippen MR) is 89.6 cm³/mol. The molecule has 0 aromatic heterocycles. The molecule has 124 valence electrons. The fourth-order valence-electron chi connectivity index (χ4n) is 3.79. The van der Waals surface area contributed by atoms with Crippen molar-refractivity contribution in [2.24, 2.45) is 0 Å². The number of unbranched alkanes of at least 4 members (excludes halogenated alkanes) is 1. The van der Waals surface area contributed by atoms with Crippen molar-refractivity contribution >= 4 is 0 Å². The monoisotopic (exact) mass is 296 g/mol. The molecule has 2 N–H and O–H groups in total. The van der Waals surface area contributed by atoms with Crippen LogP contribution in [-0.2, 0) is 0 Å². The summed E-state index contributed by atoms with van der Waals surface area (Å²) in [4.78, 5) is 2.70. The van der Waals surface area contributed by atoms with E-state index in [-0.39, 0.29) is 12.1 Å². The molecular formula is C18H36N2O. The van der Waals surface area contributed by atoms with Gasteiger partial charge in [-0.25, -0.2) is 0 Å². The zero-order valence-electron chi connectivity index (χ0n) is 14.2. The Balaban J connectivity index is 1.64. The van der Waals surface area contributed by atoms with Crippen molar-refractivity contribution in [1.29, 1.82) is 0 Å². The fraction of sp³-hybridized carbons (Fsp3) is 1.00. The number of nitrogens with zero attached hydrogens (tertiary/aromatic N) is 1. The third kappa shape index (κ3) is 5.88. The average molecular weight is 296 g/mol. The highest BCUT2D eigenvalue weighted by Gasteiger charge is 2.31. The molecule has 2 saturated carbocycles. The minimum Gasteiger partial charge on any atom is -0.394 e.